The van der Waals surface area contributed by atoms with Gasteiger partial charge in [-0.1, -0.05) is 13.8 Å². The summed E-state index contributed by atoms with van der Waals surface area (Å²) in [7, 11) is 0. The lowest BCUT2D eigenvalue weighted by molar-refractivity contribution is -0.148. The Morgan fingerprint density at radius 1 is 1.50 bits per heavy atom. The first-order valence-corrected chi connectivity index (χ1v) is 5.73. The quantitative estimate of drug-likeness (QED) is 0.715. The summed E-state index contributed by atoms with van der Waals surface area (Å²) in [6, 6.07) is -0.326. The van der Waals surface area contributed by atoms with Crippen LogP contribution in [0.1, 0.15) is 33.1 Å². The molecule has 2 unspecified atom stereocenters. The highest BCUT2D eigenvalue weighted by molar-refractivity contribution is 5.80. The van der Waals surface area contributed by atoms with Gasteiger partial charge in [0.05, 0.1) is 11.5 Å². The number of hydrogen-bond donors (Lipinski definition) is 2. The molecule has 0 aromatic carbocycles. The molecule has 0 bridgehead atoms. The first kappa shape index (κ1) is 13.0. The molecule has 1 fully saturated rings. The number of carboxylic acid groups (broad SMARTS) is 1. The topological polar surface area (TPSA) is 83.6 Å². The van der Waals surface area contributed by atoms with Crippen LogP contribution in [0.5, 0.6) is 0 Å². The number of nitrogens with zero attached hydrogens (tertiary/aromatic N) is 1. The van der Waals surface area contributed by atoms with Crippen LogP contribution in [0.4, 0.5) is 0 Å². The van der Waals surface area contributed by atoms with Crippen molar-refractivity contribution in [2.75, 3.05) is 13.1 Å². The van der Waals surface area contributed by atoms with Crippen LogP contribution in [0.3, 0.4) is 0 Å². The van der Waals surface area contributed by atoms with Crippen LogP contribution in [-0.4, -0.2) is 41.0 Å². The molecule has 0 aromatic heterocycles. The largest absolute Gasteiger partial charge is 0.481 e. The molecule has 0 aliphatic carbocycles. The minimum atomic E-state index is -0.767. The molecule has 16 heavy (non-hydrogen) atoms. The highest BCUT2D eigenvalue weighted by Crippen LogP contribution is 2.35. The van der Waals surface area contributed by atoms with Crippen LogP contribution >= 0.6 is 0 Å². The van der Waals surface area contributed by atoms with Gasteiger partial charge in [-0.2, -0.15) is 0 Å². The number of primary amides is 1. The number of carbonyl (C=O) groups excluding carboxylic acids is 1. The zero-order chi connectivity index (χ0) is 12.3. The average Bonchev–Trinajstić information content (AvgIpc) is 2.64. The van der Waals surface area contributed by atoms with Gasteiger partial charge in [0.1, 0.15) is 0 Å². The fourth-order valence-corrected chi connectivity index (χ4v) is 2.42. The summed E-state index contributed by atoms with van der Waals surface area (Å²) in [5.74, 6) is -1.13. The summed E-state index contributed by atoms with van der Waals surface area (Å²) in [5.41, 5.74) is 4.61. The van der Waals surface area contributed by atoms with Crippen molar-refractivity contribution in [3.8, 4) is 0 Å². The molecule has 1 saturated heterocycles. The summed E-state index contributed by atoms with van der Waals surface area (Å²) in [6.45, 7) is 4.84. The fourth-order valence-electron chi connectivity index (χ4n) is 2.42. The van der Waals surface area contributed by atoms with Crippen LogP contribution < -0.4 is 5.73 Å². The van der Waals surface area contributed by atoms with E-state index in [1.165, 1.54) is 0 Å². The zero-order valence-corrected chi connectivity index (χ0v) is 9.90. The highest BCUT2D eigenvalue weighted by Gasteiger charge is 2.45. The molecule has 2 atom stereocenters. The average molecular weight is 228 g/mol. The zero-order valence-electron chi connectivity index (χ0n) is 9.90. The van der Waals surface area contributed by atoms with E-state index in [-0.39, 0.29) is 11.9 Å². The summed E-state index contributed by atoms with van der Waals surface area (Å²) in [5, 5.41) is 9.23. The van der Waals surface area contributed by atoms with Gasteiger partial charge in [0.15, 0.2) is 0 Å². The third kappa shape index (κ3) is 2.19. The molecule has 1 heterocycles. The van der Waals surface area contributed by atoms with E-state index in [1.54, 1.807) is 0 Å². The van der Waals surface area contributed by atoms with E-state index in [0.717, 1.165) is 0 Å². The van der Waals surface area contributed by atoms with Gasteiger partial charge in [0.25, 0.3) is 0 Å². The molecule has 0 spiro atoms. The maximum absolute atomic E-state index is 11.2. The van der Waals surface area contributed by atoms with Crippen LogP contribution in [0.25, 0.3) is 0 Å². The van der Waals surface area contributed by atoms with Crippen molar-refractivity contribution in [3.05, 3.63) is 0 Å². The summed E-state index contributed by atoms with van der Waals surface area (Å²) < 4.78 is 0. The molecular weight excluding hydrogens is 208 g/mol. The maximum Gasteiger partial charge on any atom is 0.310 e. The monoisotopic (exact) mass is 228 g/mol. The van der Waals surface area contributed by atoms with E-state index < -0.39 is 11.4 Å². The van der Waals surface area contributed by atoms with E-state index in [0.29, 0.717) is 32.4 Å². The second-order valence-corrected chi connectivity index (χ2v) is 4.49. The van der Waals surface area contributed by atoms with Crippen LogP contribution in [0.2, 0.25) is 0 Å². The molecule has 3 N–H and O–H groups in total. The van der Waals surface area contributed by atoms with Crippen molar-refractivity contribution >= 4 is 11.9 Å². The molecule has 1 aliphatic heterocycles. The first-order chi connectivity index (χ1) is 7.46. The molecule has 0 radical (unpaired) electrons. The lowest BCUT2D eigenvalue weighted by Gasteiger charge is -2.27. The van der Waals surface area contributed by atoms with E-state index >= 15 is 0 Å². The molecule has 0 aromatic rings. The van der Waals surface area contributed by atoms with E-state index in [4.69, 9.17) is 5.73 Å². The number of aliphatic carboxylic acids is 1. The SMILES string of the molecule is CCC(C(N)=O)N1CCC(CC)(C(=O)O)C1. The van der Waals surface area contributed by atoms with Crippen LogP contribution in [0, 0.1) is 5.41 Å². The Balaban J connectivity index is 2.77. The van der Waals surface area contributed by atoms with Crippen LogP contribution in [0.15, 0.2) is 0 Å². The Labute approximate surface area is 95.6 Å². The van der Waals surface area contributed by atoms with Crippen molar-refractivity contribution in [2.24, 2.45) is 11.1 Å². The lowest BCUT2D eigenvalue weighted by Crippen LogP contribution is -2.45. The van der Waals surface area contributed by atoms with Gasteiger partial charge in [-0.15, -0.1) is 0 Å². The molecule has 5 nitrogen and oxygen atoms in total. The Kier molecular flexibility index (Phi) is 3.91. The molecule has 92 valence electrons. The third-order valence-corrected chi connectivity index (χ3v) is 3.67. The second kappa shape index (κ2) is 4.82. The summed E-state index contributed by atoms with van der Waals surface area (Å²) in [6.07, 6.45) is 1.82. The molecule has 1 rings (SSSR count). The number of likely N-dealkylation sites (tertiary alicyclic amines) is 1. The fraction of sp³-hybridized carbons (Fsp3) is 0.818. The number of rotatable bonds is 5. The number of amides is 1. The smallest absolute Gasteiger partial charge is 0.310 e. The highest BCUT2D eigenvalue weighted by atomic mass is 16.4. The normalized spacial score (nSPS) is 27.9. The minimum Gasteiger partial charge on any atom is -0.481 e. The Morgan fingerprint density at radius 2 is 2.12 bits per heavy atom. The molecule has 1 aliphatic rings. The van der Waals surface area contributed by atoms with Gasteiger partial charge >= 0.3 is 5.97 Å². The van der Waals surface area contributed by atoms with Gasteiger partial charge in [-0.25, -0.2) is 0 Å². The maximum atomic E-state index is 11.2. The number of carbonyl (C=O) groups is 2. The number of carboxylic acids is 1. The van der Waals surface area contributed by atoms with E-state index in [9.17, 15) is 14.7 Å². The van der Waals surface area contributed by atoms with E-state index in [1.807, 2.05) is 18.7 Å². The molecule has 5 heteroatoms. The van der Waals surface area contributed by atoms with Crippen molar-refractivity contribution in [2.45, 2.75) is 39.2 Å². The van der Waals surface area contributed by atoms with Crippen LogP contribution in [-0.2, 0) is 9.59 Å². The summed E-state index contributed by atoms with van der Waals surface area (Å²) >= 11 is 0. The second-order valence-electron chi connectivity index (χ2n) is 4.49. The van der Waals surface area contributed by atoms with Crippen molar-refractivity contribution in [1.82, 2.24) is 4.90 Å². The molecule has 0 saturated carbocycles. The Hall–Kier alpha value is -1.10. The van der Waals surface area contributed by atoms with Gasteiger partial charge in [-0.3, -0.25) is 14.5 Å². The summed E-state index contributed by atoms with van der Waals surface area (Å²) in [4.78, 5) is 24.4. The lowest BCUT2D eigenvalue weighted by atomic mass is 9.84. The predicted octanol–water partition coefficient (Wildman–Crippen LogP) is 0.437. The van der Waals surface area contributed by atoms with Gasteiger partial charge in [0.2, 0.25) is 5.91 Å². The van der Waals surface area contributed by atoms with Gasteiger partial charge in [-0.05, 0) is 19.3 Å². The first-order valence-electron chi connectivity index (χ1n) is 5.73. The van der Waals surface area contributed by atoms with Crippen molar-refractivity contribution in [3.63, 3.8) is 0 Å². The predicted molar refractivity (Wildman–Crippen MR) is 59.8 cm³/mol. The van der Waals surface area contributed by atoms with Gasteiger partial charge in [0, 0.05) is 13.1 Å². The third-order valence-electron chi connectivity index (χ3n) is 3.67. The number of nitrogens with two attached hydrogens (primary N) is 1. The Bertz CT molecular complexity index is 293. The minimum absolute atomic E-state index is 0.326. The molecule has 1 amide bonds. The van der Waals surface area contributed by atoms with E-state index in [2.05, 4.69) is 0 Å². The Morgan fingerprint density at radius 3 is 2.44 bits per heavy atom. The number of hydrogen-bond acceptors (Lipinski definition) is 3. The van der Waals surface area contributed by atoms with Crippen molar-refractivity contribution in [1.29, 1.82) is 0 Å². The molecular formula is C11H20N2O3. The van der Waals surface area contributed by atoms with Gasteiger partial charge < -0.3 is 10.8 Å². The van der Waals surface area contributed by atoms with Crippen molar-refractivity contribution < 1.29 is 14.7 Å². The standard InChI is InChI=1S/C11H20N2O3/c1-3-8(9(12)14)13-6-5-11(4-2,7-13)10(15)16/h8H,3-7H2,1-2H3,(H2,12,14)(H,15,16).